The Morgan fingerprint density at radius 3 is 2.37 bits per heavy atom. The van der Waals surface area contributed by atoms with Gasteiger partial charge in [0.25, 0.3) is 0 Å². The highest BCUT2D eigenvalue weighted by Crippen LogP contribution is 2.26. The highest BCUT2D eigenvalue weighted by atomic mass is 32.2. The van der Waals surface area contributed by atoms with E-state index in [2.05, 4.69) is 5.32 Å². The van der Waals surface area contributed by atoms with Crippen LogP contribution in [0.3, 0.4) is 0 Å². The maximum atomic E-state index is 13.0. The Bertz CT molecular complexity index is 1260. The van der Waals surface area contributed by atoms with E-state index in [1.807, 2.05) is 30.3 Å². The second-order valence-electron chi connectivity index (χ2n) is 8.55. The number of rotatable bonds is 7. The zero-order valence-corrected chi connectivity index (χ0v) is 20.1. The molecule has 4 amide bonds. The van der Waals surface area contributed by atoms with Crippen LogP contribution in [0.15, 0.2) is 53.4 Å². The number of fused-ring (bicyclic) bond motifs is 1. The van der Waals surface area contributed by atoms with Crippen LogP contribution < -0.4 is 5.32 Å². The van der Waals surface area contributed by atoms with E-state index in [4.69, 9.17) is 0 Å². The predicted octanol–water partition coefficient (Wildman–Crippen LogP) is 0.632. The summed E-state index contributed by atoms with van der Waals surface area (Å²) in [5.41, 5.74) is 2.26. The van der Waals surface area contributed by atoms with E-state index in [-0.39, 0.29) is 36.9 Å². The quantitative estimate of drug-likeness (QED) is 0.559. The standard InChI is InChI=1S/C24H26N4O6S/c1-26(35(33,34)19-8-9-20-18(13-19)7-10-21(29)25-20)14-22(30)27-15-23(31)28(24(32)16-27)12-11-17-5-3-2-4-6-17/h2-6,8-9,13H,7,10-12,14-16H2,1H3,(H,25,29). The van der Waals surface area contributed by atoms with Gasteiger partial charge < -0.3 is 10.2 Å². The summed E-state index contributed by atoms with van der Waals surface area (Å²) < 4.78 is 27.0. The van der Waals surface area contributed by atoms with Gasteiger partial charge >= 0.3 is 0 Å². The molecule has 0 radical (unpaired) electrons. The van der Waals surface area contributed by atoms with Crippen molar-refractivity contribution in [2.24, 2.45) is 0 Å². The van der Waals surface area contributed by atoms with E-state index in [0.717, 1.165) is 19.7 Å². The number of carbonyl (C=O) groups excluding carboxylic acids is 4. The minimum atomic E-state index is -4.00. The fraction of sp³-hybridized carbons (Fsp3) is 0.333. The summed E-state index contributed by atoms with van der Waals surface area (Å²) in [6, 6.07) is 13.8. The molecule has 0 aliphatic carbocycles. The lowest BCUT2D eigenvalue weighted by molar-refractivity contribution is -0.156. The summed E-state index contributed by atoms with van der Waals surface area (Å²) in [5, 5.41) is 2.70. The molecule has 0 atom stereocenters. The van der Waals surface area contributed by atoms with Crippen molar-refractivity contribution < 1.29 is 27.6 Å². The lowest BCUT2D eigenvalue weighted by atomic mass is 10.0. The maximum Gasteiger partial charge on any atom is 0.248 e. The van der Waals surface area contributed by atoms with Crippen molar-refractivity contribution >= 4 is 39.3 Å². The highest BCUT2D eigenvalue weighted by molar-refractivity contribution is 7.89. The van der Waals surface area contributed by atoms with Crippen LogP contribution in [0.1, 0.15) is 17.5 Å². The van der Waals surface area contributed by atoms with Gasteiger partial charge in [-0.05, 0) is 42.2 Å². The number of hydrogen-bond donors (Lipinski definition) is 1. The van der Waals surface area contributed by atoms with Crippen molar-refractivity contribution in [3.63, 3.8) is 0 Å². The fourth-order valence-electron chi connectivity index (χ4n) is 4.08. The van der Waals surface area contributed by atoms with Gasteiger partial charge in [0.05, 0.1) is 11.4 Å². The molecule has 2 aromatic carbocycles. The van der Waals surface area contributed by atoms with Crippen molar-refractivity contribution in [3.8, 4) is 0 Å². The number of nitrogens with one attached hydrogen (secondary N) is 1. The van der Waals surface area contributed by atoms with Crippen molar-refractivity contribution in [1.29, 1.82) is 0 Å². The summed E-state index contributed by atoms with van der Waals surface area (Å²) in [4.78, 5) is 51.6. The third-order valence-corrected chi connectivity index (χ3v) is 7.91. The Labute approximate surface area is 203 Å². The largest absolute Gasteiger partial charge is 0.326 e. The van der Waals surface area contributed by atoms with Gasteiger partial charge in [0.15, 0.2) is 0 Å². The van der Waals surface area contributed by atoms with Gasteiger partial charge in [-0.25, -0.2) is 8.42 Å². The summed E-state index contributed by atoms with van der Waals surface area (Å²) in [7, 11) is -2.73. The Balaban J connectivity index is 1.37. The van der Waals surface area contributed by atoms with Gasteiger partial charge in [0, 0.05) is 25.7 Å². The topological polar surface area (TPSA) is 124 Å². The Morgan fingerprint density at radius 1 is 1.00 bits per heavy atom. The summed E-state index contributed by atoms with van der Waals surface area (Å²) in [5.74, 6) is -1.74. The molecule has 2 aromatic rings. The molecule has 2 heterocycles. The number of sulfonamides is 1. The molecule has 4 rings (SSSR count). The first-order valence-electron chi connectivity index (χ1n) is 11.2. The molecule has 11 heteroatoms. The van der Waals surface area contributed by atoms with Crippen LogP contribution in [0.4, 0.5) is 5.69 Å². The first-order valence-corrected chi connectivity index (χ1v) is 12.6. The molecular weight excluding hydrogens is 472 g/mol. The van der Waals surface area contributed by atoms with E-state index in [0.29, 0.717) is 24.1 Å². The van der Waals surface area contributed by atoms with Crippen LogP contribution in [0.5, 0.6) is 0 Å². The Morgan fingerprint density at radius 2 is 1.69 bits per heavy atom. The molecule has 2 aliphatic heterocycles. The molecule has 2 aliphatic rings. The monoisotopic (exact) mass is 498 g/mol. The zero-order chi connectivity index (χ0) is 25.2. The molecule has 1 saturated heterocycles. The van der Waals surface area contributed by atoms with Gasteiger partial charge in [-0.1, -0.05) is 30.3 Å². The number of hydrogen-bond acceptors (Lipinski definition) is 6. The van der Waals surface area contributed by atoms with Crippen molar-refractivity contribution in [1.82, 2.24) is 14.1 Å². The fourth-order valence-corrected chi connectivity index (χ4v) is 5.25. The summed E-state index contributed by atoms with van der Waals surface area (Å²) in [6.45, 7) is -0.866. The molecule has 0 saturated carbocycles. The third kappa shape index (κ3) is 5.41. The number of imide groups is 1. The molecule has 184 valence electrons. The average molecular weight is 499 g/mol. The number of amides is 4. The minimum absolute atomic E-state index is 0.000540. The van der Waals surface area contributed by atoms with E-state index in [1.54, 1.807) is 0 Å². The number of anilines is 1. The molecule has 35 heavy (non-hydrogen) atoms. The van der Waals surface area contributed by atoms with Crippen molar-refractivity contribution in [2.75, 3.05) is 38.5 Å². The molecule has 0 unspecified atom stereocenters. The summed E-state index contributed by atoms with van der Waals surface area (Å²) >= 11 is 0. The van der Waals surface area contributed by atoms with Gasteiger partial charge in [-0.3, -0.25) is 24.1 Å². The third-order valence-electron chi connectivity index (χ3n) is 6.11. The SMILES string of the molecule is CN(CC(=O)N1CC(=O)N(CCc2ccccc2)C(=O)C1)S(=O)(=O)c1ccc2c(c1)CCC(=O)N2. The normalized spacial score (nSPS) is 16.3. The van der Waals surface area contributed by atoms with Crippen LogP contribution in [-0.2, 0) is 42.0 Å². The first-order chi connectivity index (χ1) is 16.6. The van der Waals surface area contributed by atoms with Gasteiger partial charge in [0.1, 0.15) is 13.1 Å². The van der Waals surface area contributed by atoms with Gasteiger partial charge in [-0.2, -0.15) is 4.31 Å². The summed E-state index contributed by atoms with van der Waals surface area (Å²) in [6.07, 6.45) is 1.20. The Kier molecular flexibility index (Phi) is 6.99. The van der Waals surface area contributed by atoms with Crippen LogP contribution in [0.2, 0.25) is 0 Å². The number of benzene rings is 2. The molecule has 0 spiro atoms. The second kappa shape index (κ2) is 9.96. The van der Waals surface area contributed by atoms with E-state index in [1.165, 1.54) is 25.2 Å². The molecular formula is C24H26N4O6S. The molecule has 10 nitrogen and oxygen atoms in total. The van der Waals surface area contributed by atoms with E-state index in [9.17, 15) is 27.6 Å². The number of nitrogens with zero attached hydrogens (tertiary/aromatic N) is 3. The Hall–Kier alpha value is -3.57. The number of aryl methyl sites for hydroxylation is 1. The van der Waals surface area contributed by atoms with Gasteiger partial charge in [0.2, 0.25) is 33.7 Å². The number of likely N-dealkylation sites (N-methyl/N-ethyl adjacent to an activating group) is 1. The van der Waals surface area contributed by atoms with Gasteiger partial charge in [-0.15, -0.1) is 0 Å². The first kappa shape index (κ1) is 24.6. The second-order valence-corrected chi connectivity index (χ2v) is 10.6. The number of piperazine rings is 1. The lowest BCUT2D eigenvalue weighted by Gasteiger charge is -2.33. The van der Waals surface area contributed by atoms with Crippen LogP contribution in [0.25, 0.3) is 0 Å². The molecule has 1 N–H and O–H groups in total. The maximum absolute atomic E-state index is 13.0. The molecule has 0 aromatic heterocycles. The highest BCUT2D eigenvalue weighted by Gasteiger charge is 2.35. The minimum Gasteiger partial charge on any atom is -0.326 e. The predicted molar refractivity (Wildman–Crippen MR) is 127 cm³/mol. The van der Waals surface area contributed by atoms with Crippen molar-refractivity contribution in [3.05, 3.63) is 59.7 Å². The van der Waals surface area contributed by atoms with Crippen LogP contribution >= 0.6 is 0 Å². The van der Waals surface area contributed by atoms with Crippen molar-refractivity contribution in [2.45, 2.75) is 24.2 Å². The van der Waals surface area contributed by atoms with Crippen LogP contribution in [-0.4, -0.2) is 79.4 Å². The zero-order valence-electron chi connectivity index (χ0n) is 19.3. The molecule has 1 fully saturated rings. The number of carbonyl (C=O) groups is 4. The van der Waals surface area contributed by atoms with E-state index < -0.39 is 34.3 Å². The van der Waals surface area contributed by atoms with Crippen LogP contribution in [0, 0.1) is 0 Å². The smallest absolute Gasteiger partial charge is 0.248 e. The molecule has 0 bridgehead atoms. The lowest BCUT2D eigenvalue weighted by Crippen LogP contribution is -2.57. The van der Waals surface area contributed by atoms with E-state index >= 15 is 0 Å². The average Bonchev–Trinajstić information content (AvgIpc) is 2.83.